The molecule has 0 saturated heterocycles. The van der Waals surface area contributed by atoms with Crippen LogP contribution in [0.2, 0.25) is 0 Å². The van der Waals surface area contributed by atoms with E-state index in [0.29, 0.717) is 6.54 Å². The number of nitrogens with two attached hydrogens (primary N) is 1. The number of rotatable bonds is 2. The van der Waals surface area contributed by atoms with E-state index < -0.39 is 0 Å². The summed E-state index contributed by atoms with van der Waals surface area (Å²) >= 11 is 0. The smallest absolute Gasteiger partial charge is 0.258 e. The second-order valence-corrected chi connectivity index (χ2v) is 6.11. The molecule has 0 unspecified atom stereocenters. The van der Waals surface area contributed by atoms with Crippen molar-refractivity contribution in [2.75, 3.05) is 13.6 Å². The molecule has 0 saturated carbocycles. The molecule has 24 heavy (non-hydrogen) atoms. The van der Waals surface area contributed by atoms with E-state index in [4.69, 9.17) is 5.73 Å². The van der Waals surface area contributed by atoms with Gasteiger partial charge in [-0.2, -0.15) is 0 Å². The van der Waals surface area contributed by atoms with Crippen LogP contribution in [0.5, 0.6) is 0 Å². The first-order valence-corrected chi connectivity index (χ1v) is 8.04. The Morgan fingerprint density at radius 2 is 2.12 bits per heavy atom. The maximum atomic E-state index is 13.1. The molecule has 2 heterocycles. The highest BCUT2D eigenvalue weighted by molar-refractivity contribution is 5.97. The van der Waals surface area contributed by atoms with Crippen LogP contribution in [0.15, 0.2) is 54.0 Å². The molecule has 4 nitrogen and oxygen atoms in total. The van der Waals surface area contributed by atoms with Crippen molar-refractivity contribution in [2.24, 2.45) is 5.73 Å². The highest BCUT2D eigenvalue weighted by Crippen LogP contribution is 2.28. The van der Waals surface area contributed by atoms with Crippen LogP contribution in [-0.4, -0.2) is 29.3 Å². The molecule has 3 rings (SSSR count). The van der Waals surface area contributed by atoms with E-state index in [2.05, 4.69) is 12.2 Å². The van der Waals surface area contributed by atoms with Gasteiger partial charge in [-0.25, -0.2) is 0 Å². The molecular weight excluding hydrogens is 322 g/mol. The summed E-state index contributed by atoms with van der Waals surface area (Å²) in [5.74, 6) is 0.0637. The van der Waals surface area contributed by atoms with Gasteiger partial charge in [0.05, 0.1) is 5.70 Å². The lowest BCUT2D eigenvalue weighted by atomic mass is 10.0. The molecule has 5 heteroatoms. The fourth-order valence-electron chi connectivity index (χ4n) is 3.07. The van der Waals surface area contributed by atoms with Crippen LogP contribution in [0.4, 0.5) is 0 Å². The highest BCUT2D eigenvalue weighted by Gasteiger charge is 2.25. The van der Waals surface area contributed by atoms with Crippen molar-refractivity contribution >= 4 is 18.3 Å². The lowest BCUT2D eigenvalue weighted by molar-refractivity contribution is 0.0807. The number of carbonyl (C=O) groups is 1. The third-order valence-electron chi connectivity index (χ3n) is 4.35. The molecule has 0 fully saturated rings. The Balaban J connectivity index is 0.00000208. The van der Waals surface area contributed by atoms with Crippen molar-refractivity contribution in [3.63, 3.8) is 0 Å². The average Bonchev–Trinajstić information content (AvgIpc) is 2.76. The zero-order valence-corrected chi connectivity index (χ0v) is 15.0. The Kier molecular flexibility index (Phi) is 5.86. The van der Waals surface area contributed by atoms with Crippen LogP contribution in [0.3, 0.4) is 0 Å². The number of halogens is 1. The third-order valence-corrected chi connectivity index (χ3v) is 4.35. The molecule has 0 spiro atoms. The number of amides is 1. The van der Waals surface area contributed by atoms with Gasteiger partial charge in [0, 0.05) is 38.1 Å². The lowest BCUT2D eigenvalue weighted by Crippen LogP contribution is -2.33. The first-order chi connectivity index (χ1) is 11.1. The summed E-state index contributed by atoms with van der Waals surface area (Å²) in [6, 6.07) is 5.84. The van der Waals surface area contributed by atoms with E-state index in [1.54, 1.807) is 0 Å². The van der Waals surface area contributed by atoms with E-state index in [9.17, 15) is 4.79 Å². The second kappa shape index (κ2) is 7.69. The fraction of sp³-hybridized carbons (Fsp3) is 0.316. The maximum absolute atomic E-state index is 13.1. The predicted molar refractivity (Wildman–Crippen MR) is 99.7 cm³/mol. The summed E-state index contributed by atoms with van der Waals surface area (Å²) in [4.78, 5) is 17.0. The van der Waals surface area contributed by atoms with E-state index in [-0.39, 0.29) is 18.3 Å². The van der Waals surface area contributed by atoms with Crippen LogP contribution < -0.4 is 5.73 Å². The van der Waals surface area contributed by atoms with Crippen molar-refractivity contribution in [2.45, 2.75) is 26.3 Å². The van der Waals surface area contributed by atoms with Crippen molar-refractivity contribution < 1.29 is 4.79 Å². The standard InChI is InChI=1S/C19H23N3O.ClH/c1-14-11-15(12-20)6-7-17(14)19(23)22-9-4-3-5-16-8-10-21(2)13-18(16)22;/h5-8,10-11,13H,3-4,9,12,20H2,1-2H3;1H. The first-order valence-electron chi connectivity index (χ1n) is 8.04. The van der Waals surface area contributed by atoms with E-state index in [0.717, 1.165) is 47.3 Å². The van der Waals surface area contributed by atoms with Gasteiger partial charge >= 0.3 is 0 Å². The fourth-order valence-corrected chi connectivity index (χ4v) is 3.07. The SMILES string of the molecule is Cc1cc(CN)ccc1C(=O)N1CCCC=C2C=CN(C)C=C21.Cl. The molecule has 2 N–H and O–H groups in total. The van der Waals surface area contributed by atoms with Crippen molar-refractivity contribution in [3.05, 3.63) is 70.7 Å². The molecule has 0 atom stereocenters. The van der Waals surface area contributed by atoms with Gasteiger partial charge in [-0.3, -0.25) is 4.79 Å². The van der Waals surface area contributed by atoms with Crippen LogP contribution in [0.25, 0.3) is 0 Å². The average molecular weight is 346 g/mol. The van der Waals surface area contributed by atoms with Gasteiger partial charge < -0.3 is 15.5 Å². The molecule has 0 aliphatic carbocycles. The summed E-state index contributed by atoms with van der Waals surface area (Å²) in [7, 11) is 1.98. The Hall–Kier alpha value is -2.04. The minimum absolute atomic E-state index is 0. The highest BCUT2D eigenvalue weighted by atomic mass is 35.5. The summed E-state index contributed by atoms with van der Waals surface area (Å²) in [6.45, 7) is 3.21. The summed E-state index contributed by atoms with van der Waals surface area (Å²) < 4.78 is 0. The quantitative estimate of drug-likeness (QED) is 0.894. The molecule has 1 amide bonds. The van der Waals surface area contributed by atoms with Gasteiger partial charge in [-0.1, -0.05) is 18.2 Å². The zero-order chi connectivity index (χ0) is 16.4. The number of carbonyl (C=O) groups excluding carboxylic acids is 1. The van der Waals surface area contributed by atoms with E-state index >= 15 is 0 Å². The first kappa shape index (κ1) is 18.3. The van der Waals surface area contributed by atoms with Crippen LogP contribution in [0.1, 0.15) is 34.3 Å². The molecule has 0 radical (unpaired) electrons. The normalized spacial score (nSPS) is 16.6. The number of hydrogen-bond donors (Lipinski definition) is 1. The summed E-state index contributed by atoms with van der Waals surface area (Å²) in [5, 5.41) is 0. The largest absolute Gasteiger partial charge is 0.355 e. The van der Waals surface area contributed by atoms with Crippen LogP contribution in [0, 0.1) is 6.92 Å². The van der Waals surface area contributed by atoms with Crippen LogP contribution >= 0.6 is 12.4 Å². The lowest BCUT2D eigenvalue weighted by Gasteiger charge is -2.29. The Morgan fingerprint density at radius 1 is 1.33 bits per heavy atom. The summed E-state index contributed by atoms with van der Waals surface area (Å²) in [6.07, 6.45) is 10.3. The monoisotopic (exact) mass is 345 g/mol. The number of benzene rings is 1. The minimum Gasteiger partial charge on any atom is -0.355 e. The zero-order valence-electron chi connectivity index (χ0n) is 14.2. The molecule has 2 aliphatic rings. The Labute approximate surface area is 149 Å². The molecule has 1 aromatic carbocycles. The van der Waals surface area contributed by atoms with Crippen molar-refractivity contribution in [1.82, 2.24) is 9.80 Å². The van der Waals surface area contributed by atoms with Gasteiger partial charge in [-0.15, -0.1) is 12.4 Å². The van der Waals surface area contributed by atoms with Crippen LogP contribution in [-0.2, 0) is 6.54 Å². The summed E-state index contributed by atoms with van der Waals surface area (Å²) in [5.41, 5.74) is 10.6. The molecule has 128 valence electrons. The van der Waals surface area contributed by atoms with E-state index in [1.807, 2.05) is 54.4 Å². The predicted octanol–water partition coefficient (Wildman–Crippen LogP) is 3.34. The number of allylic oxidation sites excluding steroid dienone is 2. The molecule has 1 aromatic rings. The Bertz CT molecular complexity index is 721. The van der Waals surface area contributed by atoms with E-state index in [1.165, 1.54) is 0 Å². The van der Waals surface area contributed by atoms with Gasteiger partial charge in [0.1, 0.15) is 0 Å². The van der Waals surface area contributed by atoms with Gasteiger partial charge in [0.15, 0.2) is 0 Å². The number of fused-ring (bicyclic) bond motifs is 1. The van der Waals surface area contributed by atoms with Gasteiger partial charge in [0.2, 0.25) is 0 Å². The van der Waals surface area contributed by atoms with Gasteiger partial charge in [0.25, 0.3) is 5.91 Å². The minimum atomic E-state index is 0. The number of nitrogens with zero attached hydrogens (tertiary/aromatic N) is 2. The number of aryl methyl sites for hydroxylation is 1. The molecular formula is C19H24ClN3O. The number of hydrogen-bond acceptors (Lipinski definition) is 3. The van der Waals surface area contributed by atoms with Gasteiger partial charge in [-0.05, 0) is 48.6 Å². The molecule has 0 aromatic heterocycles. The maximum Gasteiger partial charge on any atom is 0.258 e. The molecule has 2 aliphatic heterocycles. The molecule has 0 bridgehead atoms. The van der Waals surface area contributed by atoms with Crippen molar-refractivity contribution in [3.8, 4) is 0 Å². The third kappa shape index (κ3) is 3.55. The second-order valence-electron chi connectivity index (χ2n) is 6.11. The van der Waals surface area contributed by atoms with Crippen molar-refractivity contribution in [1.29, 1.82) is 0 Å². The topological polar surface area (TPSA) is 49.6 Å². The Morgan fingerprint density at radius 3 is 2.83 bits per heavy atom.